The summed E-state index contributed by atoms with van der Waals surface area (Å²) in [7, 11) is 0. The van der Waals surface area contributed by atoms with Crippen LogP contribution < -0.4 is 4.74 Å². The van der Waals surface area contributed by atoms with E-state index >= 15 is 0 Å². The molecule has 0 aliphatic rings. The second kappa shape index (κ2) is 4.26. The molecule has 1 aromatic carbocycles. The molecule has 0 N–H and O–H groups in total. The molecular weight excluding hydrogens is 207 g/mol. The highest BCUT2D eigenvalue weighted by molar-refractivity contribution is 5.33. The van der Waals surface area contributed by atoms with Gasteiger partial charge in [-0.3, -0.25) is 0 Å². The third-order valence-electron chi connectivity index (χ3n) is 1.52. The Kier molecular flexibility index (Phi) is 3.27. The quantitative estimate of drug-likeness (QED) is 0.699. The van der Waals surface area contributed by atoms with Gasteiger partial charge < -0.3 is 4.74 Å². The number of benzene rings is 1. The van der Waals surface area contributed by atoms with Gasteiger partial charge in [-0.15, -0.1) is 0 Å². The van der Waals surface area contributed by atoms with Gasteiger partial charge in [0.2, 0.25) is 6.86 Å². The predicted octanol–water partition coefficient (Wildman–Crippen LogP) is 3.21. The van der Waals surface area contributed by atoms with Crippen molar-refractivity contribution in [3.8, 4) is 5.75 Å². The summed E-state index contributed by atoms with van der Waals surface area (Å²) >= 11 is 0. The Morgan fingerprint density at radius 3 is 2.36 bits per heavy atom. The fraction of sp³-hybridized carbons (Fsp3) is 0.250. The first kappa shape index (κ1) is 10.7. The predicted molar refractivity (Wildman–Crippen MR) is 37.9 cm³/mol. The van der Waals surface area contributed by atoms with E-state index in [0.717, 1.165) is 6.07 Å². The van der Waals surface area contributed by atoms with Crippen LogP contribution in [-0.2, 0) is 0 Å². The molecule has 0 saturated heterocycles. The van der Waals surface area contributed by atoms with Gasteiger partial charge in [0.05, 0.1) is 5.56 Å². The number of hydrogen-bond donors (Lipinski definition) is 0. The molecule has 0 heterocycles. The molecule has 6 heteroatoms. The summed E-state index contributed by atoms with van der Waals surface area (Å²) in [6.45, 7) is -1.37. The molecule has 0 aliphatic heterocycles. The minimum absolute atomic E-state index is 0.593. The lowest BCUT2D eigenvalue weighted by Gasteiger charge is -2.07. The van der Waals surface area contributed by atoms with Crippen molar-refractivity contribution < 1.29 is 26.7 Å². The molecule has 0 amide bonds. The average Bonchev–Trinajstić information content (AvgIpc) is 2.10. The van der Waals surface area contributed by atoms with Crippen LogP contribution in [0.1, 0.15) is 12.0 Å². The molecule has 0 unspecified atom stereocenters. The third kappa shape index (κ3) is 1.94. The smallest absolute Gasteiger partial charge is 0.269 e. The molecule has 0 spiro atoms. The lowest BCUT2D eigenvalue weighted by atomic mass is 10.2. The van der Waals surface area contributed by atoms with Crippen LogP contribution in [0, 0.1) is 11.6 Å². The standard InChI is InChI=1S/C8H5F5O/c9-3-14-5-2-1-4(10)6(7(5)11)8(12)13/h1-2,8H,3H2. The van der Waals surface area contributed by atoms with Gasteiger partial charge in [-0.2, -0.15) is 0 Å². The minimum atomic E-state index is -3.31. The van der Waals surface area contributed by atoms with Gasteiger partial charge >= 0.3 is 0 Å². The summed E-state index contributed by atoms with van der Waals surface area (Å²) in [4.78, 5) is 0. The second-order valence-electron chi connectivity index (χ2n) is 2.33. The Hall–Kier alpha value is -1.33. The fourth-order valence-corrected chi connectivity index (χ4v) is 0.920. The molecule has 78 valence electrons. The van der Waals surface area contributed by atoms with Crippen LogP contribution in [0.2, 0.25) is 0 Å². The van der Waals surface area contributed by atoms with Crippen molar-refractivity contribution >= 4 is 0 Å². The zero-order chi connectivity index (χ0) is 10.7. The first-order valence-electron chi connectivity index (χ1n) is 3.52. The molecule has 0 saturated carbocycles. The number of halogens is 5. The molecule has 0 bridgehead atoms. The zero-order valence-electron chi connectivity index (χ0n) is 6.74. The summed E-state index contributed by atoms with van der Waals surface area (Å²) in [5.41, 5.74) is -1.41. The van der Waals surface area contributed by atoms with E-state index in [-0.39, 0.29) is 0 Å². The molecule has 1 aromatic rings. The number of hydrogen-bond acceptors (Lipinski definition) is 1. The van der Waals surface area contributed by atoms with Crippen LogP contribution in [-0.4, -0.2) is 6.86 Å². The molecule has 1 rings (SSSR count). The van der Waals surface area contributed by atoms with Gasteiger partial charge in [-0.05, 0) is 12.1 Å². The van der Waals surface area contributed by atoms with E-state index in [0.29, 0.717) is 6.07 Å². The van der Waals surface area contributed by atoms with E-state index in [1.807, 2.05) is 0 Å². The second-order valence-corrected chi connectivity index (χ2v) is 2.33. The Morgan fingerprint density at radius 1 is 1.21 bits per heavy atom. The summed E-state index contributed by atoms with van der Waals surface area (Å²) < 4.78 is 65.4. The Bertz CT molecular complexity index is 326. The van der Waals surface area contributed by atoms with Crippen molar-refractivity contribution in [2.75, 3.05) is 6.86 Å². The highest BCUT2D eigenvalue weighted by Gasteiger charge is 2.22. The van der Waals surface area contributed by atoms with Crippen molar-refractivity contribution in [2.45, 2.75) is 6.43 Å². The van der Waals surface area contributed by atoms with Crippen LogP contribution in [0.3, 0.4) is 0 Å². The molecule has 0 aromatic heterocycles. The molecule has 0 radical (unpaired) electrons. The Labute approximate surface area is 76.1 Å². The van der Waals surface area contributed by atoms with Crippen LogP contribution >= 0.6 is 0 Å². The third-order valence-corrected chi connectivity index (χ3v) is 1.52. The van der Waals surface area contributed by atoms with Gasteiger partial charge in [-0.1, -0.05) is 0 Å². The molecule has 0 fully saturated rings. The highest BCUT2D eigenvalue weighted by Crippen LogP contribution is 2.30. The van der Waals surface area contributed by atoms with Crippen molar-refractivity contribution in [1.29, 1.82) is 0 Å². The normalized spacial score (nSPS) is 10.7. The van der Waals surface area contributed by atoms with Crippen molar-refractivity contribution in [1.82, 2.24) is 0 Å². The fourth-order valence-electron chi connectivity index (χ4n) is 0.920. The molecule has 0 atom stereocenters. The summed E-state index contributed by atoms with van der Waals surface area (Å²) in [5, 5.41) is 0. The molecule has 1 nitrogen and oxygen atoms in total. The van der Waals surface area contributed by atoms with Gasteiger partial charge in [0, 0.05) is 0 Å². The van der Waals surface area contributed by atoms with Crippen LogP contribution in [0.4, 0.5) is 22.0 Å². The van der Waals surface area contributed by atoms with E-state index in [1.165, 1.54) is 0 Å². The van der Waals surface area contributed by atoms with Gasteiger partial charge in [-0.25, -0.2) is 22.0 Å². The summed E-state index contributed by atoms with van der Waals surface area (Å²) in [6, 6.07) is 1.34. The van der Waals surface area contributed by atoms with E-state index in [2.05, 4.69) is 4.74 Å². The largest absolute Gasteiger partial charge is 0.460 e. The monoisotopic (exact) mass is 212 g/mol. The first-order valence-corrected chi connectivity index (χ1v) is 3.52. The highest BCUT2D eigenvalue weighted by atomic mass is 19.3. The van der Waals surface area contributed by atoms with E-state index in [1.54, 1.807) is 0 Å². The average molecular weight is 212 g/mol. The number of alkyl halides is 3. The van der Waals surface area contributed by atoms with Gasteiger partial charge in [0.15, 0.2) is 11.6 Å². The summed E-state index contributed by atoms with van der Waals surface area (Å²) in [5.74, 6) is -3.69. The summed E-state index contributed by atoms with van der Waals surface area (Å²) in [6.07, 6.45) is -3.31. The Morgan fingerprint density at radius 2 is 1.86 bits per heavy atom. The van der Waals surface area contributed by atoms with Crippen molar-refractivity contribution in [3.63, 3.8) is 0 Å². The maximum Gasteiger partial charge on any atom is 0.269 e. The minimum Gasteiger partial charge on any atom is -0.460 e. The SMILES string of the molecule is FCOc1ccc(F)c(C(F)F)c1F. The molecule has 14 heavy (non-hydrogen) atoms. The Balaban J connectivity index is 3.19. The lowest BCUT2D eigenvalue weighted by molar-refractivity contribution is 0.136. The van der Waals surface area contributed by atoms with E-state index in [4.69, 9.17) is 0 Å². The van der Waals surface area contributed by atoms with Crippen LogP contribution in [0.25, 0.3) is 0 Å². The lowest BCUT2D eigenvalue weighted by Crippen LogP contribution is -2.01. The van der Waals surface area contributed by atoms with E-state index < -0.39 is 36.2 Å². The van der Waals surface area contributed by atoms with Crippen molar-refractivity contribution in [2.24, 2.45) is 0 Å². The molecule has 0 aliphatic carbocycles. The molecular formula is C8H5F5O. The van der Waals surface area contributed by atoms with E-state index in [9.17, 15) is 22.0 Å². The first-order chi connectivity index (χ1) is 6.57. The van der Waals surface area contributed by atoms with Crippen LogP contribution in [0.15, 0.2) is 12.1 Å². The van der Waals surface area contributed by atoms with Crippen LogP contribution in [0.5, 0.6) is 5.75 Å². The maximum atomic E-state index is 13.0. The van der Waals surface area contributed by atoms with Gasteiger partial charge in [0.1, 0.15) is 5.82 Å². The van der Waals surface area contributed by atoms with Gasteiger partial charge in [0.25, 0.3) is 6.43 Å². The number of ether oxygens (including phenoxy) is 1. The number of rotatable bonds is 3. The van der Waals surface area contributed by atoms with Crippen molar-refractivity contribution in [3.05, 3.63) is 29.3 Å². The zero-order valence-corrected chi connectivity index (χ0v) is 6.74. The maximum absolute atomic E-state index is 13.0. The topological polar surface area (TPSA) is 9.23 Å².